The van der Waals surface area contributed by atoms with Crippen molar-refractivity contribution in [2.75, 3.05) is 26.1 Å². The van der Waals surface area contributed by atoms with Crippen molar-refractivity contribution in [2.45, 2.75) is 6.10 Å². The first kappa shape index (κ1) is 10.8. The molecule has 0 bridgehead atoms. The van der Waals surface area contributed by atoms with Gasteiger partial charge in [0.15, 0.2) is 0 Å². The first-order valence-corrected chi connectivity index (χ1v) is 4.93. The summed E-state index contributed by atoms with van der Waals surface area (Å²) in [4.78, 5) is 11.5. The lowest BCUT2D eigenvalue weighted by Gasteiger charge is -2.27. The summed E-state index contributed by atoms with van der Waals surface area (Å²) in [6.07, 6.45) is 0.00651. The van der Waals surface area contributed by atoms with Crippen LogP contribution in [0.25, 0.3) is 0 Å². The zero-order valence-electron chi connectivity index (χ0n) is 8.93. The highest BCUT2D eigenvalue weighted by Gasteiger charge is 2.23. The number of nitrogens with two attached hydrogens (primary N) is 1. The molecule has 1 aliphatic heterocycles. The van der Waals surface area contributed by atoms with Gasteiger partial charge in [0.1, 0.15) is 17.4 Å². The number of esters is 1. The number of methoxy groups -OCH3 is 1. The maximum atomic E-state index is 11.5. The molecule has 1 heterocycles. The molecule has 5 heteroatoms. The zero-order chi connectivity index (χ0) is 11.5. The van der Waals surface area contributed by atoms with Crippen LogP contribution in [0.3, 0.4) is 0 Å². The van der Waals surface area contributed by atoms with Crippen molar-refractivity contribution in [3.8, 4) is 5.75 Å². The van der Waals surface area contributed by atoms with Crippen LogP contribution in [0.2, 0.25) is 0 Å². The van der Waals surface area contributed by atoms with Gasteiger partial charge in [-0.05, 0) is 18.2 Å². The predicted molar refractivity (Wildman–Crippen MR) is 57.4 cm³/mol. The van der Waals surface area contributed by atoms with Crippen molar-refractivity contribution < 1.29 is 19.0 Å². The highest BCUT2D eigenvalue weighted by molar-refractivity contribution is 5.93. The summed E-state index contributed by atoms with van der Waals surface area (Å²) in [5, 5.41) is 0. The smallest absolute Gasteiger partial charge is 0.341 e. The summed E-state index contributed by atoms with van der Waals surface area (Å²) in [6.45, 7) is 1.09. The van der Waals surface area contributed by atoms with Gasteiger partial charge < -0.3 is 19.9 Å². The van der Waals surface area contributed by atoms with E-state index in [9.17, 15) is 4.79 Å². The summed E-state index contributed by atoms with van der Waals surface area (Å²) in [7, 11) is 1.32. The minimum absolute atomic E-state index is 0.00651. The van der Waals surface area contributed by atoms with Gasteiger partial charge in [-0.15, -0.1) is 0 Å². The number of rotatable bonds is 3. The first-order valence-electron chi connectivity index (χ1n) is 4.93. The highest BCUT2D eigenvalue weighted by Crippen LogP contribution is 2.24. The number of hydrogen-bond donors (Lipinski definition) is 1. The number of anilines is 1. The van der Waals surface area contributed by atoms with Gasteiger partial charge in [0.05, 0.1) is 20.3 Å². The topological polar surface area (TPSA) is 70.8 Å². The number of hydrogen-bond acceptors (Lipinski definition) is 5. The Balaban J connectivity index is 2.23. The van der Waals surface area contributed by atoms with Crippen LogP contribution in [0.4, 0.5) is 5.69 Å². The van der Waals surface area contributed by atoms with Crippen LogP contribution in [0.15, 0.2) is 18.2 Å². The molecule has 0 saturated carbocycles. The fourth-order valence-electron chi connectivity index (χ4n) is 1.38. The van der Waals surface area contributed by atoms with E-state index in [-0.39, 0.29) is 6.10 Å². The van der Waals surface area contributed by atoms with E-state index in [1.165, 1.54) is 7.11 Å². The Labute approximate surface area is 93.1 Å². The largest absolute Gasteiger partial charge is 0.485 e. The Morgan fingerprint density at radius 2 is 2.25 bits per heavy atom. The fraction of sp³-hybridized carbons (Fsp3) is 0.364. The molecule has 1 fully saturated rings. The lowest BCUT2D eigenvalue weighted by molar-refractivity contribution is -0.0799. The van der Waals surface area contributed by atoms with E-state index < -0.39 is 5.97 Å². The number of carbonyl (C=O) groups excluding carboxylic acids is 1. The molecule has 0 radical (unpaired) electrons. The summed E-state index contributed by atoms with van der Waals surface area (Å²) >= 11 is 0. The van der Waals surface area contributed by atoms with E-state index in [2.05, 4.69) is 4.74 Å². The molecule has 0 aliphatic carbocycles. The predicted octanol–water partition coefficient (Wildman–Crippen LogP) is 0.833. The van der Waals surface area contributed by atoms with Gasteiger partial charge in [0.25, 0.3) is 0 Å². The van der Waals surface area contributed by atoms with Crippen LogP contribution in [-0.4, -0.2) is 32.4 Å². The number of carbonyl (C=O) groups is 1. The molecule has 0 atom stereocenters. The molecular weight excluding hydrogens is 210 g/mol. The molecule has 0 aromatic heterocycles. The lowest BCUT2D eigenvalue weighted by Crippen LogP contribution is -2.38. The number of benzene rings is 1. The maximum Gasteiger partial charge on any atom is 0.341 e. The Bertz CT molecular complexity index is 401. The molecule has 1 aromatic carbocycles. The Kier molecular flexibility index (Phi) is 2.96. The van der Waals surface area contributed by atoms with Crippen LogP contribution >= 0.6 is 0 Å². The van der Waals surface area contributed by atoms with Crippen molar-refractivity contribution in [1.82, 2.24) is 0 Å². The molecule has 0 amide bonds. The van der Waals surface area contributed by atoms with E-state index in [1.807, 2.05) is 0 Å². The third-order valence-corrected chi connectivity index (χ3v) is 2.31. The molecule has 1 aromatic rings. The van der Waals surface area contributed by atoms with E-state index >= 15 is 0 Å². The average molecular weight is 223 g/mol. The van der Waals surface area contributed by atoms with Gasteiger partial charge in [-0.2, -0.15) is 0 Å². The van der Waals surface area contributed by atoms with Crippen molar-refractivity contribution in [3.63, 3.8) is 0 Å². The SMILES string of the molecule is COC(=O)c1cc(N)ccc1OC1COC1. The van der Waals surface area contributed by atoms with Gasteiger partial charge >= 0.3 is 5.97 Å². The second-order valence-electron chi connectivity index (χ2n) is 3.52. The highest BCUT2D eigenvalue weighted by atomic mass is 16.6. The summed E-state index contributed by atoms with van der Waals surface area (Å²) in [5.41, 5.74) is 6.45. The molecule has 2 rings (SSSR count). The van der Waals surface area contributed by atoms with Crippen LogP contribution < -0.4 is 10.5 Å². The van der Waals surface area contributed by atoms with Crippen LogP contribution in [0, 0.1) is 0 Å². The molecule has 16 heavy (non-hydrogen) atoms. The molecular formula is C11H13NO4. The van der Waals surface area contributed by atoms with Crippen molar-refractivity contribution in [1.29, 1.82) is 0 Å². The normalized spacial score (nSPS) is 15.3. The standard InChI is InChI=1S/C11H13NO4/c1-14-11(13)9-4-7(12)2-3-10(9)16-8-5-15-6-8/h2-4,8H,5-6,12H2,1H3. The minimum atomic E-state index is -0.456. The first-order chi connectivity index (χ1) is 7.70. The molecule has 86 valence electrons. The molecule has 5 nitrogen and oxygen atoms in total. The van der Waals surface area contributed by atoms with Crippen LogP contribution in [0.5, 0.6) is 5.75 Å². The molecule has 2 N–H and O–H groups in total. The van der Waals surface area contributed by atoms with Crippen molar-refractivity contribution >= 4 is 11.7 Å². The van der Waals surface area contributed by atoms with E-state index in [4.69, 9.17) is 15.2 Å². The van der Waals surface area contributed by atoms with Gasteiger partial charge in [0.2, 0.25) is 0 Å². The monoisotopic (exact) mass is 223 g/mol. The molecule has 0 spiro atoms. The van der Waals surface area contributed by atoms with E-state index in [1.54, 1.807) is 18.2 Å². The van der Waals surface area contributed by atoms with Gasteiger partial charge in [-0.3, -0.25) is 0 Å². The lowest BCUT2D eigenvalue weighted by atomic mass is 10.1. The average Bonchev–Trinajstić information content (AvgIpc) is 2.23. The zero-order valence-corrected chi connectivity index (χ0v) is 8.93. The van der Waals surface area contributed by atoms with Crippen molar-refractivity contribution in [3.05, 3.63) is 23.8 Å². The quantitative estimate of drug-likeness (QED) is 0.607. The third kappa shape index (κ3) is 2.09. The fourth-order valence-corrected chi connectivity index (χ4v) is 1.38. The van der Waals surface area contributed by atoms with Crippen molar-refractivity contribution in [2.24, 2.45) is 0 Å². The van der Waals surface area contributed by atoms with E-state index in [0.717, 1.165) is 0 Å². The summed E-state index contributed by atoms with van der Waals surface area (Å²) in [5.74, 6) is 0.0249. The molecule has 1 saturated heterocycles. The number of ether oxygens (including phenoxy) is 3. The van der Waals surface area contributed by atoms with Gasteiger partial charge in [-0.1, -0.05) is 0 Å². The minimum Gasteiger partial charge on any atom is -0.485 e. The Morgan fingerprint density at radius 3 is 2.81 bits per heavy atom. The van der Waals surface area contributed by atoms with Crippen LogP contribution in [0.1, 0.15) is 10.4 Å². The number of nitrogen functional groups attached to an aromatic ring is 1. The Hall–Kier alpha value is -1.75. The van der Waals surface area contributed by atoms with Crippen LogP contribution in [-0.2, 0) is 9.47 Å². The summed E-state index contributed by atoms with van der Waals surface area (Å²) < 4.78 is 15.2. The van der Waals surface area contributed by atoms with Gasteiger partial charge in [0, 0.05) is 5.69 Å². The summed E-state index contributed by atoms with van der Waals surface area (Å²) in [6, 6.07) is 4.89. The maximum absolute atomic E-state index is 11.5. The molecule has 0 unspecified atom stereocenters. The third-order valence-electron chi connectivity index (χ3n) is 2.31. The second-order valence-corrected chi connectivity index (χ2v) is 3.52. The van der Waals surface area contributed by atoms with Gasteiger partial charge in [-0.25, -0.2) is 4.79 Å². The molecule has 1 aliphatic rings. The second kappa shape index (κ2) is 4.40. The Morgan fingerprint density at radius 1 is 1.50 bits per heavy atom. The van der Waals surface area contributed by atoms with E-state index in [0.29, 0.717) is 30.2 Å².